The third kappa shape index (κ3) is 8.39. The smallest absolute Gasteiger partial charge is 0.409 e. The molecule has 21 nitrogen and oxygen atoms in total. The van der Waals surface area contributed by atoms with Crippen LogP contribution in [-0.4, -0.2) is 151 Å². The number of fused-ring (bicyclic) bond motifs is 3. The normalized spacial score (nSPS) is 31.2. The first-order chi connectivity index (χ1) is 28.1. The van der Waals surface area contributed by atoms with E-state index in [0.717, 1.165) is 0 Å². The fourth-order valence-corrected chi connectivity index (χ4v) is 7.95. The first-order valence-corrected chi connectivity index (χ1v) is 18.8. The average molecular weight is 847 g/mol. The number of carboxylic acids is 2. The monoisotopic (exact) mass is 846 g/mol. The summed E-state index contributed by atoms with van der Waals surface area (Å²) in [4.78, 5) is 77.1. The number of carboxylic acid groups (broad SMARTS) is 2. The molecule has 2 aromatic rings. The van der Waals surface area contributed by atoms with Gasteiger partial charge in [0.2, 0.25) is 18.0 Å². The van der Waals surface area contributed by atoms with Gasteiger partial charge in [0.05, 0.1) is 36.5 Å². The van der Waals surface area contributed by atoms with Gasteiger partial charge in [0.25, 0.3) is 0 Å². The summed E-state index contributed by atoms with van der Waals surface area (Å²) in [6.07, 6.45) is -17.8. The van der Waals surface area contributed by atoms with Gasteiger partial charge in [0.1, 0.15) is 35.9 Å². The number of phenolic OH excluding ortho intramolecular Hbond substituents is 1. The molecule has 21 heteroatoms. The van der Waals surface area contributed by atoms with Crippen LogP contribution >= 0.6 is 0 Å². The summed E-state index contributed by atoms with van der Waals surface area (Å²) >= 11 is 0. The minimum atomic E-state index is -2.45. The lowest BCUT2D eigenvalue weighted by Crippen LogP contribution is -2.61. The quantitative estimate of drug-likeness (QED) is 0.111. The van der Waals surface area contributed by atoms with Gasteiger partial charge in [-0.05, 0) is 30.0 Å². The molecule has 2 amide bonds. The number of hydrogen-bond donors (Lipinski definition) is 10. The van der Waals surface area contributed by atoms with Crippen LogP contribution in [0.5, 0.6) is 11.5 Å². The summed E-state index contributed by atoms with van der Waals surface area (Å²) < 4.78 is 27.2. The Labute approximate surface area is 340 Å². The van der Waals surface area contributed by atoms with Gasteiger partial charge in [-0.25, -0.2) is 14.4 Å². The first kappa shape index (κ1) is 44.3. The number of nitrogens with one attached hydrogen (secondary N) is 2. The molecule has 0 bridgehead atoms. The van der Waals surface area contributed by atoms with E-state index in [1.807, 2.05) is 0 Å². The number of hydrogen-bond acceptors (Lipinski definition) is 17. The van der Waals surface area contributed by atoms with Crippen molar-refractivity contribution in [3.63, 3.8) is 0 Å². The lowest BCUT2D eigenvalue weighted by Gasteiger charge is -2.42. The number of benzene rings is 2. The van der Waals surface area contributed by atoms with Crippen molar-refractivity contribution in [1.29, 1.82) is 0 Å². The molecule has 2 aromatic carbocycles. The fraction of sp³-hybridized carbons (Fsp3) is 0.538. The Kier molecular flexibility index (Phi) is 12.3. The van der Waals surface area contributed by atoms with E-state index in [9.17, 15) is 69.6 Å². The molecular formula is C39H46N2O19. The Bertz CT molecular complexity index is 2090. The van der Waals surface area contributed by atoms with Gasteiger partial charge >= 0.3 is 18.0 Å². The van der Waals surface area contributed by atoms with Gasteiger partial charge < -0.3 is 75.2 Å². The predicted molar refractivity (Wildman–Crippen MR) is 197 cm³/mol. The molecule has 60 heavy (non-hydrogen) atoms. The van der Waals surface area contributed by atoms with Crippen molar-refractivity contribution in [3.05, 3.63) is 57.6 Å². The van der Waals surface area contributed by atoms with Gasteiger partial charge in [-0.15, -0.1) is 0 Å². The molecule has 4 aliphatic rings. The van der Waals surface area contributed by atoms with Crippen LogP contribution in [0.2, 0.25) is 0 Å². The maximum atomic E-state index is 13.9. The van der Waals surface area contributed by atoms with Crippen molar-refractivity contribution in [3.8, 4) is 11.5 Å². The average Bonchev–Trinajstić information content (AvgIpc) is 3.17. The van der Waals surface area contributed by atoms with Gasteiger partial charge in [-0.3, -0.25) is 14.4 Å². The molecule has 0 radical (unpaired) electrons. The number of ketones is 2. The van der Waals surface area contributed by atoms with Crippen LogP contribution < -0.4 is 15.4 Å². The van der Waals surface area contributed by atoms with Gasteiger partial charge in [0.15, 0.2) is 23.8 Å². The molecule has 2 saturated heterocycles. The number of aromatic hydroxyl groups is 1. The number of aliphatic hydroxyl groups is 5. The van der Waals surface area contributed by atoms with Crippen LogP contribution in [0, 0.1) is 5.41 Å². The van der Waals surface area contributed by atoms with E-state index in [2.05, 4.69) is 10.6 Å². The molecule has 2 heterocycles. The third-order valence-electron chi connectivity index (χ3n) is 11.1. The summed E-state index contributed by atoms with van der Waals surface area (Å²) in [5.41, 5.74) is -4.13. The Balaban J connectivity index is 1.14. The molecule has 6 rings (SSSR count). The predicted octanol–water partition coefficient (Wildman–Crippen LogP) is -0.989. The second-order valence-corrected chi connectivity index (χ2v) is 16.1. The van der Waals surface area contributed by atoms with E-state index < -0.39 is 126 Å². The molecule has 11 atom stereocenters. The lowest BCUT2D eigenvalue weighted by molar-refractivity contribution is -0.278. The van der Waals surface area contributed by atoms with E-state index in [4.69, 9.17) is 23.7 Å². The van der Waals surface area contributed by atoms with E-state index in [-0.39, 0.29) is 58.5 Å². The summed E-state index contributed by atoms with van der Waals surface area (Å²) in [6.45, 7) is 4.45. The van der Waals surface area contributed by atoms with E-state index in [0.29, 0.717) is 0 Å². The van der Waals surface area contributed by atoms with Crippen molar-refractivity contribution < 1.29 is 93.3 Å². The summed E-state index contributed by atoms with van der Waals surface area (Å²) in [5.74, 6) is -5.84. The van der Waals surface area contributed by atoms with Crippen LogP contribution in [0.4, 0.5) is 4.79 Å². The summed E-state index contributed by atoms with van der Waals surface area (Å²) in [6, 6.07) is 4.63. The Morgan fingerprint density at radius 1 is 0.950 bits per heavy atom. The van der Waals surface area contributed by atoms with Crippen molar-refractivity contribution in [1.82, 2.24) is 10.6 Å². The first-order valence-electron chi connectivity index (χ1n) is 18.8. The standard InChI is InChI=1S/C39H46N2O19/c1-14-26(43)18(41-21(42)12-38(2,3)13-40-37(54)60-35-32(49)30(47)31(48)33(59-35)34(50)51)9-22(57-14)58-20-11-39(55,36(52)53)10-15-8-17-25(28(45)23(15)20)29(46)24-16(27(17)44)6-5-7-19(24)56-4/h5-8,14,18,20,22,26,30-33,35,43,45,47-49,55H,9-13H2,1-4H3,(H,40,54)(H,41,42)(H,50,51)(H,52,53)/t14-,18-,20-,22-,26+,30-,31-,32+,33-,35-,39-/m0/s1. The van der Waals surface area contributed by atoms with Crippen molar-refractivity contribution >= 4 is 35.5 Å². The van der Waals surface area contributed by atoms with Gasteiger partial charge in [-0.1, -0.05) is 26.0 Å². The summed E-state index contributed by atoms with van der Waals surface area (Å²) in [7, 11) is 1.31. The lowest BCUT2D eigenvalue weighted by atomic mass is 9.73. The number of aliphatic hydroxyl groups excluding tert-OH is 4. The van der Waals surface area contributed by atoms with Crippen molar-refractivity contribution in [2.24, 2.45) is 5.41 Å². The molecular weight excluding hydrogens is 800 g/mol. The van der Waals surface area contributed by atoms with Crippen molar-refractivity contribution in [2.75, 3.05) is 13.7 Å². The van der Waals surface area contributed by atoms with Crippen LogP contribution in [0.3, 0.4) is 0 Å². The second-order valence-electron chi connectivity index (χ2n) is 16.1. The number of carbonyl (C=O) groups is 6. The van der Waals surface area contributed by atoms with E-state index in [1.54, 1.807) is 13.8 Å². The fourth-order valence-electron chi connectivity index (χ4n) is 7.95. The highest BCUT2D eigenvalue weighted by Gasteiger charge is 2.51. The zero-order valence-corrected chi connectivity index (χ0v) is 32.7. The molecule has 326 valence electrons. The molecule has 0 spiro atoms. The maximum absolute atomic E-state index is 13.9. The van der Waals surface area contributed by atoms with Crippen LogP contribution in [0.25, 0.3) is 0 Å². The Morgan fingerprint density at radius 2 is 1.65 bits per heavy atom. The topological polar surface area (TPSA) is 334 Å². The largest absolute Gasteiger partial charge is 0.507 e. The molecule has 0 aromatic heterocycles. The van der Waals surface area contributed by atoms with E-state index >= 15 is 0 Å². The zero-order chi connectivity index (χ0) is 44.2. The third-order valence-corrected chi connectivity index (χ3v) is 11.1. The summed E-state index contributed by atoms with van der Waals surface area (Å²) in [5, 5.41) is 88.2. The van der Waals surface area contributed by atoms with Gasteiger partial charge in [0, 0.05) is 48.9 Å². The molecule has 2 aliphatic carbocycles. The highest BCUT2D eigenvalue weighted by Crippen LogP contribution is 2.48. The van der Waals surface area contributed by atoms with E-state index in [1.165, 1.54) is 38.3 Å². The minimum Gasteiger partial charge on any atom is -0.507 e. The Hall–Kier alpha value is -5.26. The molecule has 2 aliphatic heterocycles. The number of methoxy groups -OCH3 is 1. The molecule has 10 N–H and O–H groups in total. The maximum Gasteiger partial charge on any atom is 0.409 e. The number of carbonyl (C=O) groups excluding carboxylic acids is 4. The SMILES string of the molecule is COc1cccc2c1C(=O)c1c(cc3c(c1O)[C@@H](O[C@H]1C[C@H](NC(=O)CC(C)(C)CNC(=O)O[C@@H]4O[C@H](C(=O)O)[C@@H](O)[C@H](O)[C@H]4O)[C@H](O)[C@H](C)O1)C[C@](O)(C(=O)O)C3)C2=O. The highest BCUT2D eigenvalue weighted by atomic mass is 16.7. The number of amides is 2. The number of rotatable bonds is 11. The number of alkyl carbamates (subject to hydrolysis) is 1. The highest BCUT2D eigenvalue weighted by molar-refractivity contribution is 6.30. The zero-order valence-electron chi connectivity index (χ0n) is 32.7. The van der Waals surface area contributed by atoms with Crippen LogP contribution in [0.15, 0.2) is 24.3 Å². The molecule has 0 unspecified atom stereocenters. The number of phenols is 1. The van der Waals surface area contributed by atoms with Crippen LogP contribution in [-0.2, 0) is 39.8 Å². The molecule has 0 saturated carbocycles. The number of aliphatic carboxylic acids is 2. The molecule has 2 fully saturated rings. The minimum absolute atomic E-state index is 0.00758. The second kappa shape index (κ2) is 16.7. The van der Waals surface area contributed by atoms with Gasteiger partial charge in [-0.2, -0.15) is 0 Å². The van der Waals surface area contributed by atoms with Crippen molar-refractivity contribution in [2.45, 2.75) is 113 Å². The number of ether oxygens (including phenoxy) is 5. The Morgan fingerprint density at radius 3 is 2.30 bits per heavy atom. The van der Waals surface area contributed by atoms with Crippen LogP contribution in [0.1, 0.15) is 89.1 Å².